The summed E-state index contributed by atoms with van der Waals surface area (Å²) in [5.41, 5.74) is 0.561. The number of hydrogen-bond donors (Lipinski definition) is 1. The Kier molecular flexibility index (Phi) is 4.16. The fourth-order valence-electron chi connectivity index (χ4n) is 1.97. The second kappa shape index (κ2) is 6.25. The molecule has 23 heavy (non-hydrogen) atoms. The fraction of sp³-hybridized carbons (Fsp3) is 0. The van der Waals surface area contributed by atoms with Crippen LogP contribution in [0.25, 0.3) is 5.69 Å². The van der Waals surface area contributed by atoms with Crippen molar-refractivity contribution in [3.05, 3.63) is 70.7 Å². The molecule has 5 nitrogen and oxygen atoms in total. The Balaban J connectivity index is 1.84. The van der Waals surface area contributed by atoms with Gasteiger partial charge in [0.25, 0.3) is 5.91 Å². The molecule has 1 N–H and O–H groups in total. The van der Waals surface area contributed by atoms with Gasteiger partial charge in [0.1, 0.15) is 24.2 Å². The molecule has 1 heterocycles. The Morgan fingerprint density at radius 1 is 1.17 bits per heavy atom. The Labute approximate surface area is 138 Å². The molecule has 0 saturated heterocycles. The highest BCUT2D eigenvalue weighted by atomic mass is 79.9. The van der Waals surface area contributed by atoms with Crippen LogP contribution in [-0.2, 0) is 0 Å². The summed E-state index contributed by atoms with van der Waals surface area (Å²) >= 11 is 3.18. The van der Waals surface area contributed by atoms with E-state index >= 15 is 0 Å². The quantitative estimate of drug-likeness (QED) is 0.757. The number of anilines is 1. The Morgan fingerprint density at radius 3 is 2.70 bits per heavy atom. The first-order chi connectivity index (χ1) is 11.0. The predicted molar refractivity (Wildman–Crippen MR) is 83.4 cm³/mol. The molecule has 1 aromatic heterocycles. The smallest absolute Gasteiger partial charge is 0.256 e. The van der Waals surface area contributed by atoms with Crippen LogP contribution in [0.5, 0.6) is 0 Å². The highest BCUT2D eigenvalue weighted by Gasteiger charge is 2.13. The molecule has 116 valence electrons. The van der Waals surface area contributed by atoms with Crippen LogP contribution in [0.4, 0.5) is 14.5 Å². The average Bonchev–Trinajstić information content (AvgIpc) is 3.04. The van der Waals surface area contributed by atoms with E-state index in [2.05, 4.69) is 31.3 Å². The van der Waals surface area contributed by atoms with Crippen LogP contribution in [0.1, 0.15) is 10.4 Å². The molecule has 0 atom stereocenters. The molecule has 0 aliphatic rings. The summed E-state index contributed by atoms with van der Waals surface area (Å²) in [7, 11) is 0. The molecule has 0 radical (unpaired) electrons. The Morgan fingerprint density at radius 2 is 2.00 bits per heavy atom. The first kappa shape index (κ1) is 15.3. The number of halogens is 3. The van der Waals surface area contributed by atoms with Gasteiger partial charge in [-0.05, 0) is 52.3 Å². The van der Waals surface area contributed by atoms with Gasteiger partial charge in [-0.1, -0.05) is 0 Å². The number of carbonyl (C=O) groups is 1. The standard InChI is InChI=1S/C15H9BrF2N4O/c16-12-3-1-9(17)5-11(12)15(23)21-10-2-4-14(13(18)6-10)22-8-19-7-20-22/h1-8H,(H,21,23). The maximum Gasteiger partial charge on any atom is 0.256 e. The van der Waals surface area contributed by atoms with Crippen LogP contribution >= 0.6 is 15.9 Å². The van der Waals surface area contributed by atoms with Crippen molar-refractivity contribution in [3.8, 4) is 5.69 Å². The average molecular weight is 379 g/mol. The monoisotopic (exact) mass is 378 g/mol. The molecule has 0 aliphatic carbocycles. The molecule has 2 aromatic carbocycles. The van der Waals surface area contributed by atoms with E-state index in [0.29, 0.717) is 4.47 Å². The lowest BCUT2D eigenvalue weighted by molar-refractivity contribution is 0.102. The topological polar surface area (TPSA) is 59.8 Å². The molecule has 8 heteroatoms. The summed E-state index contributed by atoms with van der Waals surface area (Å²) in [4.78, 5) is 15.9. The SMILES string of the molecule is O=C(Nc1ccc(-n2cncn2)c(F)c1)c1cc(F)ccc1Br. The minimum absolute atomic E-state index is 0.116. The second-order valence-corrected chi connectivity index (χ2v) is 5.44. The van der Waals surface area contributed by atoms with E-state index in [1.54, 1.807) is 0 Å². The fourth-order valence-corrected chi connectivity index (χ4v) is 2.40. The molecule has 0 unspecified atom stereocenters. The maximum absolute atomic E-state index is 14.1. The zero-order chi connectivity index (χ0) is 16.4. The molecule has 1 amide bonds. The van der Waals surface area contributed by atoms with E-state index < -0.39 is 17.5 Å². The van der Waals surface area contributed by atoms with Gasteiger partial charge in [0.05, 0.1) is 5.56 Å². The van der Waals surface area contributed by atoms with Gasteiger partial charge in [0.15, 0.2) is 5.82 Å². The third-order valence-corrected chi connectivity index (χ3v) is 3.74. The predicted octanol–water partition coefficient (Wildman–Crippen LogP) is 3.56. The van der Waals surface area contributed by atoms with Crippen LogP contribution in [0.15, 0.2) is 53.5 Å². The van der Waals surface area contributed by atoms with Crippen LogP contribution < -0.4 is 5.32 Å². The van der Waals surface area contributed by atoms with Crippen molar-refractivity contribution in [2.24, 2.45) is 0 Å². The number of aromatic nitrogens is 3. The van der Waals surface area contributed by atoms with E-state index in [-0.39, 0.29) is 16.9 Å². The minimum atomic E-state index is -0.577. The molecule has 3 aromatic rings. The van der Waals surface area contributed by atoms with Gasteiger partial charge >= 0.3 is 0 Å². The highest BCUT2D eigenvalue weighted by molar-refractivity contribution is 9.10. The summed E-state index contributed by atoms with van der Waals surface area (Å²) in [5, 5.41) is 6.36. The van der Waals surface area contributed by atoms with Crippen LogP contribution in [0, 0.1) is 11.6 Å². The number of amides is 1. The van der Waals surface area contributed by atoms with Gasteiger partial charge in [0.2, 0.25) is 0 Å². The van der Waals surface area contributed by atoms with Crippen molar-refractivity contribution in [1.29, 1.82) is 0 Å². The Hall–Kier alpha value is -2.61. The van der Waals surface area contributed by atoms with Gasteiger partial charge in [-0.3, -0.25) is 4.79 Å². The van der Waals surface area contributed by atoms with Gasteiger partial charge in [0, 0.05) is 10.2 Å². The second-order valence-electron chi connectivity index (χ2n) is 4.58. The van der Waals surface area contributed by atoms with Crippen LogP contribution in [0.3, 0.4) is 0 Å². The van der Waals surface area contributed by atoms with Crippen molar-refractivity contribution in [3.63, 3.8) is 0 Å². The molecule has 0 aliphatic heterocycles. The van der Waals surface area contributed by atoms with Crippen LogP contribution in [0.2, 0.25) is 0 Å². The van der Waals surface area contributed by atoms with Gasteiger partial charge < -0.3 is 5.32 Å². The lowest BCUT2D eigenvalue weighted by Gasteiger charge is -2.09. The van der Waals surface area contributed by atoms with Gasteiger partial charge in [-0.2, -0.15) is 5.10 Å². The largest absolute Gasteiger partial charge is 0.322 e. The zero-order valence-corrected chi connectivity index (χ0v) is 13.1. The summed E-state index contributed by atoms with van der Waals surface area (Å²) in [6, 6.07) is 7.89. The van der Waals surface area contributed by atoms with Crippen molar-refractivity contribution >= 4 is 27.5 Å². The van der Waals surface area contributed by atoms with Gasteiger partial charge in [-0.15, -0.1) is 0 Å². The van der Waals surface area contributed by atoms with E-state index in [0.717, 1.165) is 12.1 Å². The summed E-state index contributed by atoms with van der Waals surface area (Å²) in [5.74, 6) is -1.66. The number of carbonyl (C=O) groups excluding carboxylic acids is 1. The van der Waals surface area contributed by atoms with E-state index in [9.17, 15) is 13.6 Å². The first-order valence-electron chi connectivity index (χ1n) is 6.45. The normalized spacial score (nSPS) is 10.6. The lowest BCUT2D eigenvalue weighted by atomic mass is 10.2. The van der Waals surface area contributed by atoms with E-state index in [4.69, 9.17) is 0 Å². The van der Waals surface area contributed by atoms with E-state index in [1.165, 1.54) is 41.6 Å². The number of nitrogens with zero attached hydrogens (tertiary/aromatic N) is 3. The third kappa shape index (κ3) is 3.26. The van der Waals surface area contributed by atoms with Crippen molar-refractivity contribution in [2.75, 3.05) is 5.32 Å². The number of hydrogen-bond acceptors (Lipinski definition) is 3. The number of nitrogens with one attached hydrogen (secondary N) is 1. The molecular weight excluding hydrogens is 370 g/mol. The summed E-state index contributed by atoms with van der Waals surface area (Å²) in [6.07, 6.45) is 2.65. The Bertz CT molecular complexity index is 868. The maximum atomic E-state index is 14.1. The molecule has 3 rings (SSSR count). The molecule has 0 bridgehead atoms. The van der Waals surface area contributed by atoms with Crippen molar-refractivity contribution in [1.82, 2.24) is 14.8 Å². The number of rotatable bonds is 3. The number of benzene rings is 2. The lowest BCUT2D eigenvalue weighted by Crippen LogP contribution is -2.13. The highest BCUT2D eigenvalue weighted by Crippen LogP contribution is 2.21. The summed E-state index contributed by atoms with van der Waals surface area (Å²) in [6.45, 7) is 0. The zero-order valence-electron chi connectivity index (χ0n) is 11.5. The molecule has 0 fully saturated rings. The van der Waals surface area contributed by atoms with Crippen molar-refractivity contribution in [2.45, 2.75) is 0 Å². The van der Waals surface area contributed by atoms with Gasteiger partial charge in [-0.25, -0.2) is 18.4 Å². The summed E-state index contributed by atoms with van der Waals surface area (Å²) < 4.78 is 29.1. The van der Waals surface area contributed by atoms with Crippen molar-refractivity contribution < 1.29 is 13.6 Å². The van der Waals surface area contributed by atoms with E-state index in [1.807, 2.05) is 0 Å². The molecular formula is C15H9BrF2N4O. The third-order valence-electron chi connectivity index (χ3n) is 3.04. The van der Waals surface area contributed by atoms with Crippen LogP contribution in [-0.4, -0.2) is 20.7 Å². The minimum Gasteiger partial charge on any atom is -0.322 e. The molecule has 0 spiro atoms. The first-order valence-corrected chi connectivity index (χ1v) is 7.25. The molecule has 0 saturated carbocycles.